The summed E-state index contributed by atoms with van der Waals surface area (Å²) in [6, 6.07) is 2.42. The molecule has 1 N–H and O–H groups in total. The van der Waals surface area contributed by atoms with Crippen LogP contribution in [0, 0.1) is 5.92 Å². The van der Waals surface area contributed by atoms with Gasteiger partial charge in [-0.05, 0) is 24.5 Å². The summed E-state index contributed by atoms with van der Waals surface area (Å²) in [6.45, 7) is 1.35. The number of pyridine rings is 1. The highest BCUT2D eigenvalue weighted by Crippen LogP contribution is 2.30. The maximum Gasteiger partial charge on any atom is 0.417 e. The number of carbonyl (C=O) groups excluding carboxylic acids is 1. The first kappa shape index (κ1) is 14.6. The van der Waals surface area contributed by atoms with Gasteiger partial charge in [0.15, 0.2) is 0 Å². The van der Waals surface area contributed by atoms with Gasteiger partial charge in [-0.25, -0.2) is 4.98 Å². The number of nitrogens with one attached hydrogen (secondary N) is 1. The number of halogens is 3. The molecular formula is C13H16F3N3O. The van der Waals surface area contributed by atoms with E-state index in [1.807, 2.05) is 4.90 Å². The molecule has 0 radical (unpaired) electrons. The van der Waals surface area contributed by atoms with Gasteiger partial charge in [0.05, 0.1) is 5.56 Å². The van der Waals surface area contributed by atoms with Crippen LogP contribution in [-0.2, 0) is 11.0 Å². The van der Waals surface area contributed by atoms with Crippen LogP contribution in [0.2, 0.25) is 0 Å². The van der Waals surface area contributed by atoms with Gasteiger partial charge in [-0.1, -0.05) is 0 Å². The maximum atomic E-state index is 12.4. The predicted octanol–water partition coefficient (Wildman–Crippen LogP) is 2.06. The van der Waals surface area contributed by atoms with Crippen molar-refractivity contribution in [3.05, 3.63) is 23.9 Å². The first-order valence-corrected chi connectivity index (χ1v) is 6.39. The molecule has 0 aliphatic carbocycles. The molecule has 2 heterocycles. The second-order valence-corrected chi connectivity index (χ2v) is 4.88. The maximum absolute atomic E-state index is 12.4. The van der Waals surface area contributed by atoms with Crippen LogP contribution >= 0.6 is 0 Å². The lowest BCUT2D eigenvalue weighted by molar-refractivity contribution is -0.137. The highest BCUT2D eigenvalue weighted by Gasteiger charge is 2.31. The average molecular weight is 287 g/mol. The molecule has 0 bridgehead atoms. The van der Waals surface area contributed by atoms with Crippen molar-refractivity contribution in [2.24, 2.45) is 5.92 Å². The molecule has 1 aromatic rings. The van der Waals surface area contributed by atoms with Crippen molar-refractivity contribution >= 4 is 11.7 Å². The molecular weight excluding hydrogens is 271 g/mol. The van der Waals surface area contributed by atoms with E-state index in [4.69, 9.17) is 0 Å². The quantitative estimate of drug-likeness (QED) is 0.925. The number of anilines is 1. The second-order valence-electron chi connectivity index (χ2n) is 4.88. The monoisotopic (exact) mass is 287 g/mol. The van der Waals surface area contributed by atoms with Crippen LogP contribution < -0.4 is 10.2 Å². The summed E-state index contributed by atoms with van der Waals surface area (Å²) in [7, 11) is 1.59. The van der Waals surface area contributed by atoms with Gasteiger partial charge in [-0.3, -0.25) is 4.79 Å². The van der Waals surface area contributed by atoms with Crippen LogP contribution in [-0.4, -0.2) is 31.0 Å². The van der Waals surface area contributed by atoms with Crippen molar-refractivity contribution in [3.63, 3.8) is 0 Å². The fourth-order valence-electron chi connectivity index (χ4n) is 2.31. The minimum atomic E-state index is -4.36. The molecule has 0 spiro atoms. The molecule has 20 heavy (non-hydrogen) atoms. The van der Waals surface area contributed by atoms with Crippen molar-refractivity contribution in [3.8, 4) is 0 Å². The van der Waals surface area contributed by atoms with Crippen LogP contribution in [0.4, 0.5) is 19.0 Å². The standard InChI is InChI=1S/C13H16F3N3O/c1-17-12(20)6-9-4-5-19(8-9)11-3-2-10(7-18-11)13(14,15)16/h2-3,7,9H,4-6,8H2,1H3,(H,17,20)/t9-/m1/s1. The van der Waals surface area contributed by atoms with Gasteiger partial charge >= 0.3 is 6.18 Å². The van der Waals surface area contributed by atoms with Gasteiger partial charge in [-0.15, -0.1) is 0 Å². The van der Waals surface area contributed by atoms with E-state index in [1.54, 1.807) is 7.05 Å². The second kappa shape index (κ2) is 5.68. The lowest BCUT2D eigenvalue weighted by Gasteiger charge is -2.18. The van der Waals surface area contributed by atoms with E-state index in [0.717, 1.165) is 18.7 Å². The summed E-state index contributed by atoms with van der Waals surface area (Å²) >= 11 is 0. The van der Waals surface area contributed by atoms with E-state index in [2.05, 4.69) is 10.3 Å². The van der Waals surface area contributed by atoms with Crippen LogP contribution in [0.15, 0.2) is 18.3 Å². The van der Waals surface area contributed by atoms with E-state index in [-0.39, 0.29) is 11.8 Å². The van der Waals surface area contributed by atoms with Gasteiger partial charge in [-0.2, -0.15) is 13.2 Å². The van der Waals surface area contributed by atoms with Crippen molar-refractivity contribution in [1.29, 1.82) is 0 Å². The smallest absolute Gasteiger partial charge is 0.359 e. The predicted molar refractivity (Wildman–Crippen MR) is 68.2 cm³/mol. The molecule has 110 valence electrons. The van der Waals surface area contributed by atoms with E-state index in [0.29, 0.717) is 25.3 Å². The van der Waals surface area contributed by atoms with Gasteiger partial charge in [0.2, 0.25) is 5.91 Å². The Balaban J connectivity index is 1.98. The number of carbonyl (C=O) groups is 1. The van der Waals surface area contributed by atoms with Crippen LogP contribution in [0.25, 0.3) is 0 Å². The molecule has 1 aromatic heterocycles. The van der Waals surface area contributed by atoms with E-state index >= 15 is 0 Å². The van der Waals surface area contributed by atoms with Gasteiger partial charge in [0.25, 0.3) is 0 Å². The fourth-order valence-corrected chi connectivity index (χ4v) is 2.31. The molecule has 1 atom stereocenters. The Morgan fingerprint density at radius 3 is 2.80 bits per heavy atom. The van der Waals surface area contributed by atoms with Crippen molar-refractivity contribution in [2.45, 2.75) is 19.0 Å². The van der Waals surface area contributed by atoms with Crippen molar-refractivity contribution < 1.29 is 18.0 Å². The summed E-state index contributed by atoms with van der Waals surface area (Å²) in [5.41, 5.74) is -0.748. The first-order chi connectivity index (χ1) is 9.40. The van der Waals surface area contributed by atoms with Crippen molar-refractivity contribution in [1.82, 2.24) is 10.3 Å². The third kappa shape index (κ3) is 3.40. The SMILES string of the molecule is CNC(=O)C[C@H]1CCN(c2ccc(C(F)(F)F)cn2)C1. The molecule has 1 aliphatic rings. The summed E-state index contributed by atoms with van der Waals surface area (Å²) in [4.78, 5) is 17.1. The number of alkyl halides is 3. The zero-order valence-corrected chi connectivity index (χ0v) is 11.1. The number of rotatable bonds is 3. The Kier molecular flexibility index (Phi) is 4.15. The average Bonchev–Trinajstić information content (AvgIpc) is 2.86. The molecule has 1 fully saturated rings. The minimum Gasteiger partial charge on any atom is -0.359 e. The molecule has 1 saturated heterocycles. The number of amides is 1. The van der Waals surface area contributed by atoms with Gasteiger partial charge < -0.3 is 10.2 Å². The van der Waals surface area contributed by atoms with E-state index in [9.17, 15) is 18.0 Å². The summed E-state index contributed by atoms with van der Waals surface area (Å²) in [5.74, 6) is 0.730. The number of hydrogen-bond acceptors (Lipinski definition) is 3. The van der Waals surface area contributed by atoms with E-state index < -0.39 is 11.7 Å². The molecule has 0 saturated carbocycles. The lowest BCUT2D eigenvalue weighted by Crippen LogP contribution is -2.24. The molecule has 0 unspecified atom stereocenters. The molecule has 0 aromatic carbocycles. The Hall–Kier alpha value is -1.79. The van der Waals surface area contributed by atoms with Crippen LogP contribution in [0.1, 0.15) is 18.4 Å². The number of aromatic nitrogens is 1. The Morgan fingerprint density at radius 2 is 2.25 bits per heavy atom. The fraction of sp³-hybridized carbons (Fsp3) is 0.538. The van der Waals surface area contributed by atoms with Crippen LogP contribution in [0.5, 0.6) is 0 Å². The third-order valence-electron chi connectivity index (χ3n) is 3.44. The zero-order chi connectivity index (χ0) is 14.8. The summed E-state index contributed by atoms with van der Waals surface area (Å²) in [5, 5.41) is 2.57. The molecule has 4 nitrogen and oxygen atoms in total. The molecule has 1 amide bonds. The minimum absolute atomic E-state index is 0.0165. The first-order valence-electron chi connectivity index (χ1n) is 6.39. The van der Waals surface area contributed by atoms with Gasteiger partial charge in [0, 0.05) is 32.8 Å². The summed E-state index contributed by atoms with van der Waals surface area (Å²) in [6.07, 6.45) is -2.23. The van der Waals surface area contributed by atoms with Gasteiger partial charge in [0.1, 0.15) is 5.82 Å². The normalized spacial score (nSPS) is 19.2. The largest absolute Gasteiger partial charge is 0.417 e. The number of nitrogens with zero attached hydrogens (tertiary/aromatic N) is 2. The highest BCUT2D eigenvalue weighted by atomic mass is 19.4. The summed E-state index contributed by atoms with van der Waals surface area (Å²) < 4.78 is 37.3. The molecule has 1 aliphatic heterocycles. The lowest BCUT2D eigenvalue weighted by atomic mass is 10.1. The Bertz CT molecular complexity index is 473. The highest BCUT2D eigenvalue weighted by molar-refractivity contribution is 5.75. The zero-order valence-electron chi connectivity index (χ0n) is 11.1. The molecule has 7 heteroatoms. The third-order valence-corrected chi connectivity index (χ3v) is 3.44. The van der Waals surface area contributed by atoms with Crippen molar-refractivity contribution in [2.75, 3.05) is 25.0 Å². The van der Waals surface area contributed by atoms with E-state index in [1.165, 1.54) is 6.07 Å². The topological polar surface area (TPSA) is 45.2 Å². The molecule has 2 rings (SSSR count). The number of hydrogen-bond donors (Lipinski definition) is 1. The Morgan fingerprint density at radius 1 is 1.50 bits per heavy atom. The Labute approximate surface area is 115 Å². The van der Waals surface area contributed by atoms with Crippen LogP contribution in [0.3, 0.4) is 0 Å².